The molecule has 1 fully saturated rings. The summed E-state index contributed by atoms with van der Waals surface area (Å²) in [5, 5.41) is 3.59. The molecule has 1 aliphatic rings. The molecule has 20 heavy (non-hydrogen) atoms. The molecule has 106 valence electrons. The Labute approximate surface area is 115 Å². The molecule has 2 aromatic rings. The van der Waals surface area contributed by atoms with E-state index in [1.165, 1.54) is 12.1 Å². The summed E-state index contributed by atoms with van der Waals surface area (Å²) in [5.74, 6) is 0.212. The van der Waals surface area contributed by atoms with E-state index in [9.17, 15) is 9.18 Å². The number of piperazine rings is 1. The van der Waals surface area contributed by atoms with Gasteiger partial charge in [0.15, 0.2) is 0 Å². The van der Waals surface area contributed by atoms with Crippen LogP contribution < -0.4 is 10.9 Å². The Kier molecular flexibility index (Phi) is 3.50. The highest BCUT2D eigenvalue weighted by atomic mass is 19.1. The summed E-state index contributed by atoms with van der Waals surface area (Å²) in [4.78, 5) is 21.6. The molecule has 0 aliphatic carbocycles. The number of benzene rings is 1. The monoisotopic (exact) mass is 276 g/mol. The molecule has 1 aromatic carbocycles. The summed E-state index contributed by atoms with van der Waals surface area (Å²) >= 11 is 0. The predicted octanol–water partition coefficient (Wildman–Crippen LogP) is 1.03. The number of nitrogens with zero attached hydrogens (tertiary/aromatic N) is 2. The van der Waals surface area contributed by atoms with Crippen LogP contribution in [0, 0.1) is 5.82 Å². The highest BCUT2D eigenvalue weighted by molar-refractivity contribution is 5.77. The van der Waals surface area contributed by atoms with Crippen LogP contribution in [0.15, 0.2) is 23.0 Å². The number of aromatic amines is 1. The minimum Gasteiger partial charge on any atom is -0.314 e. The lowest BCUT2D eigenvalue weighted by Crippen LogP contribution is -2.45. The number of nitrogens with one attached hydrogen (secondary N) is 2. The van der Waals surface area contributed by atoms with E-state index in [1.54, 1.807) is 6.07 Å². The summed E-state index contributed by atoms with van der Waals surface area (Å²) in [6.07, 6.45) is 0. The van der Waals surface area contributed by atoms with Gasteiger partial charge in [0.2, 0.25) is 0 Å². The van der Waals surface area contributed by atoms with Gasteiger partial charge in [0.05, 0.1) is 16.9 Å². The smallest absolute Gasteiger partial charge is 0.258 e. The van der Waals surface area contributed by atoms with Crippen LogP contribution in [-0.4, -0.2) is 41.0 Å². The van der Waals surface area contributed by atoms with E-state index in [4.69, 9.17) is 0 Å². The second kappa shape index (κ2) is 5.30. The second-order valence-electron chi connectivity index (χ2n) is 5.07. The molecule has 0 spiro atoms. The van der Waals surface area contributed by atoms with Gasteiger partial charge >= 0.3 is 0 Å². The fourth-order valence-corrected chi connectivity index (χ4v) is 2.57. The molecule has 5 nitrogen and oxygen atoms in total. The maximum atomic E-state index is 13.2. The van der Waals surface area contributed by atoms with Crippen molar-refractivity contribution in [2.75, 3.05) is 26.2 Å². The van der Waals surface area contributed by atoms with E-state index in [0.717, 1.165) is 26.2 Å². The quantitative estimate of drug-likeness (QED) is 0.860. The molecule has 6 heteroatoms. The van der Waals surface area contributed by atoms with Crippen molar-refractivity contribution in [2.45, 2.75) is 13.0 Å². The largest absolute Gasteiger partial charge is 0.314 e. The molecule has 0 amide bonds. The zero-order chi connectivity index (χ0) is 14.1. The first-order valence-electron chi connectivity index (χ1n) is 6.79. The molecule has 2 heterocycles. The van der Waals surface area contributed by atoms with Crippen LogP contribution in [0.25, 0.3) is 10.9 Å². The maximum absolute atomic E-state index is 13.2. The molecular weight excluding hydrogens is 259 g/mol. The molecule has 1 saturated heterocycles. The SMILES string of the molecule is CC(c1nc2ccc(F)cc2c(=O)[nH]1)N1CCNCC1. The summed E-state index contributed by atoms with van der Waals surface area (Å²) in [7, 11) is 0. The van der Waals surface area contributed by atoms with Gasteiger partial charge in [-0.3, -0.25) is 9.69 Å². The molecule has 1 unspecified atom stereocenters. The van der Waals surface area contributed by atoms with Crippen molar-refractivity contribution in [3.8, 4) is 0 Å². The Morgan fingerprint density at radius 1 is 1.35 bits per heavy atom. The van der Waals surface area contributed by atoms with E-state index >= 15 is 0 Å². The summed E-state index contributed by atoms with van der Waals surface area (Å²) in [6, 6.07) is 4.14. The molecule has 1 aromatic heterocycles. The van der Waals surface area contributed by atoms with Gasteiger partial charge in [0, 0.05) is 26.2 Å². The summed E-state index contributed by atoms with van der Waals surface area (Å²) in [5.41, 5.74) is 0.249. The van der Waals surface area contributed by atoms with E-state index in [0.29, 0.717) is 16.7 Å². The molecule has 3 rings (SSSR count). The first kappa shape index (κ1) is 13.2. The zero-order valence-corrected chi connectivity index (χ0v) is 11.3. The van der Waals surface area contributed by atoms with E-state index < -0.39 is 5.82 Å². The second-order valence-corrected chi connectivity index (χ2v) is 5.07. The molecule has 0 bridgehead atoms. The highest BCUT2D eigenvalue weighted by Gasteiger charge is 2.20. The van der Waals surface area contributed by atoms with Crippen LogP contribution in [0.4, 0.5) is 4.39 Å². The maximum Gasteiger partial charge on any atom is 0.258 e. The normalized spacial score (nSPS) is 18.3. The Bertz CT molecular complexity index is 678. The van der Waals surface area contributed by atoms with Crippen LogP contribution in [0.3, 0.4) is 0 Å². The number of aromatic nitrogens is 2. The summed E-state index contributed by atoms with van der Waals surface area (Å²) in [6.45, 7) is 5.75. The van der Waals surface area contributed by atoms with E-state index in [1.807, 2.05) is 6.92 Å². The Morgan fingerprint density at radius 3 is 2.85 bits per heavy atom. The predicted molar refractivity (Wildman–Crippen MR) is 75.2 cm³/mol. The lowest BCUT2D eigenvalue weighted by molar-refractivity contribution is 0.179. The minimum atomic E-state index is -0.423. The molecule has 0 radical (unpaired) electrons. The van der Waals surface area contributed by atoms with Crippen LogP contribution in [0.1, 0.15) is 18.8 Å². The van der Waals surface area contributed by atoms with Gasteiger partial charge in [-0.1, -0.05) is 0 Å². The topological polar surface area (TPSA) is 61.0 Å². The van der Waals surface area contributed by atoms with Crippen molar-refractivity contribution < 1.29 is 4.39 Å². The van der Waals surface area contributed by atoms with Crippen molar-refractivity contribution in [2.24, 2.45) is 0 Å². The van der Waals surface area contributed by atoms with Gasteiger partial charge in [-0.2, -0.15) is 0 Å². The molecule has 2 N–H and O–H groups in total. The van der Waals surface area contributed by atoms with Crippen LogP contribution >= 0.6 is 0 Å². The van der Waals surface area contributed by atoms with E-state index in [-0.39, 0.29) is 11.6 Å². The number of halogens is 1. The number of fused-ring (bicyclic) bond motifs is 1. The summed E-state index contributed by atoms with van der Waals surface area (Å²) < 4.78 is 13.2. The first-order chi connectivity index (χ1) is 9.65. The van der Waals surface area contributed by atoms with Gasteiger partial charge in [-0.05, 0) is 25.1 Å². The molecular formula is C14H17FN4O. The Hall–Kier alpha value is -1.79. The van der Waals surface area contributed by atoms with E-state index in [2.05, 4.69) is 20.2 Å². The number of hydrogen-bond donors (Lipinski definition) is 2. The van der Waals surface area contributed by atoms with Crippen LogP contribution in [0.5, 0.6) is 0 Å². The van der Waals surface area contributed by atoms with Gasteiger partial charge in [-0.15, -0.1) is 0 Å². The van der Waals surface area contributed by atoms with Crippen molar-refractivity contribution in [3.05, 3.63) is 40.2 Å². The standard InChI is InChI=1S/C14H17FN4O/c1-9(19-6-4-16-5-7-19)13-17-12-3-2-10(15)8-11(12)14(20)18-13/h2-3,8-9,16H,4-7H2,1H3,(H,17,18,20). The van der Waals surface area contributed by atoms with Crippen molar-refractivity contribution in [3.63, 3.8) is 0 Å². The van der Waals surface area contributed by atoms with Gasteiger partial charge in [0.1, 0.15) is 11.6 Å². The van der Waals surface area contributed by atoms with Crippen molar-refractivity contribution >= 4 is 10.9 Å². The zero-order valence-electron chi connectivity index (χ0n) is 11.3. The highest BCUT2D eigenvalue weighted by Crippen LogP contribution is 2.18. The van der Waals surface area contributed by atoms with Crippen molar-refractivity contribution in [1.29, 1.82) is 0 Å². The van der Waals surface area contributed by atoms with Crippen LogP contribution in [0.2, 0.25) is 0 Å². The third-order valence-electron chi connectivity index (χ3n) is 3.78. The molecule has 1 aliphatic heterocycles. The average Bonchev–Trinajstić information content (AvgIpc) is 2.48. The number of H-pyrrole nitrogens is 1. The Morgan fingerprint density at radius 2 is 2.10 bits per heavy atom. The minimum absolute atomic E-state index is 0.0410. The van der Waals surface area contributed by atoms with Crippen LogP contribution in [-0.2, 0) is 0 Å². The van der Waals surface area contributed by atoms with Crippen molar-refractivity contribution in [1.82, 2.24) is 20.2 Å². The molecule has 0 saturated carbocycles. The number of rotatable bonds is 2. The third-order valence-corrected chi connectivity index (χ3v) is 3.78. The fraction of sp³-hybridized carbons (Fsp3) is 0.429. The van der Waals surface area contributed by atoms with Gasteiger partial charge in [-0.25, -0.2) is 9.37 Å². The third kappa shape index (κ3) is 2.44. The lowest BCUT2D eigenvalue weighted by atomic mass is 10.2. The van der Waals surface area contributed by atoms with Gasteiger partial charge < -0.3 is 10.3 Å². The fourth-order valence-electron chi connectivity index (χ4n) is 2.57. The molecule has 1 atom stereocenters. The lowest BCUT2D eigenvalue weighted by Gasteiger charge is -2.32. The first-order valence-corrected chi connectivity index (χ1v) is 6.79. The number of hydrogen-bond acceptors (Lipinski definition) is 4. The Balaban J connectivity index is 1.99. The average molecular weight is 276 g/mol. The van der Waals surface area contributed by atoms with Gasteiger partial charge in [0.25, 0.3) is 5.56 Å².